The van der Waals surface area contributed by atoms with Crippen LogP contribution in [0.25, 0.3) is 0 Å². The second-order valence-corrected chi connectivity index (χ2v) is 4.12. The van der Waals surface area contributed by atoms with Crippen molar-refractivity contribution in [2.45, 2.75) is 25.9 Å². The van der Waals surface area contributed by atoms with Gasteiger partial charge in [-0.2, -0.15) is 0 Å². The van der Waals surface area contributed by atoms with Gasteiger partial charge in [0.25, 0.3) is 0 Å². The maximum atomic E-state index is 2.40. The Kier molecular flexibility index (Phi) is 2.91. The summed E-state index contributed by atoms with van der Waals surface area (Å²) >= 11 is 0. The Labute approximate surface area is 75.8 Å². The molecule has 2 atom stereocenters. The molecule has 2 nitrogen and oxygen atoms in total. The smallest absolute Gasteiger partial charge is 0.0428 e. The maximum absolute atomic E-state index is 2.40. The quantitative estimate of drug-likeness (QED) is 0.543. The van der Waals surface area contributed by atoms with Crippen LogP contribution in [0, 0.1) is 0 Å². The van der Waals surface area contributed by atoms with Crippen LogP contribution in [0.3, 0.4) is 0 Å². The molecule has 0 aliphatic carbocycles. The van der Waals surface area contributed by atoms with Crippen LogP contribution < -0.4 is 0 Å². The zero-order valence-electron chi connectivity index (χ0n) is 8.83. The van der Waals surface area contributed by atoms with Crippen LogP contribution in [0.4, 0.5) is 0 Å². The highest BCUT2D eigenvalue weighted by Crippen LogP contribution is 2.17. The minimum Gasteiger partial charge on any atom is -0.301 e. The lowest BCUT2D eigenvalue weighted by atomic mass is 9.99. The molecule has 0 bridgehead atoms. The molecule has 12 heavy (non-hydrogen) atoms. The van der Waals surface area contributed by atoms with Gasteiger partial charge in [0.05, 0.1) is 0 Å². The van der Waals surface area contributed by atoms with Crippen LogP contribution in [-0.4, -0.2) is 49.6 Å². The summed E-state index contributed by atoms with van der Waals surface area (Å²) < 4.78 is 0. The Morgan fingerprint density at radius 1 is 1.50 bits per heavy atom. The van der Waals surface area contributed by atoms with Gasteiger partial charge in [-0.25, -0.2) is 0 Å². The van der Waals surface area contributed by atoms with E-state index in [2.05, 4.69) is 50.9 Å². The Balaban J connectivity index is 2.77. The Morgan fingerprint density at radius 3 is 2.58 bits per heavy atom. The van der Waals surface area contributed by atoms with Crippen molar-refractivity contribution in [1.29, 1.82) is 0 Å². The van der Waals surface area contributed by atoms with Crippen LogP contribution in [0.2, 0.25) is 0 Å². The summed E-state index contributed by atoms with van der Waals surface area (Å²) in [7, 11) is 6.48. The van der Waals surface area contributed by atoms with E-state index in [0.717, 1.165) is 6.54 Å². The van der Waals surface area contributed by atoms with Crippen molar-refractivity contribution in [2.24, 2.45) is 0 Å². The number of likely N-dealkylation sites (N-methyl/N-ethyl adjacent to an activating group) is 2. The second kappa shape index (κ2) is 3.58. The minimum absolute atomic E-state index is 0.573. The molecular weight excluding hydrogens is 148 g/mol. The van der Waals surface area contributed by atoms with E-state index in [4.69, 9.17) is 0 Å². The molecule has 2 heteroatoms. The van der Waals surface area contributed by atoms with Crippen molar-refractivity contribution in [2.75, 3.05) is 27.7 Å². The summed E-state index contributed by atoms with van der Waals surface area (Å²) in [5.41, 5.74) is 1.48. The number of hydrogen-bond donors (Lipinski definition) is 0. The van der Waals surface area contributed by atoms with Crippen molar-refractivity contribution in [3.05, 3.63) is 11.6 Å². The Morgan fingerprint density at radius 2 is 2.08 bits per heavy atom. The van der Waals surface area contributed by atoms with Gasteiger partial charge in [-0.05, 0) is 35.0 Å². The molecule has 0 saturated carbocycles. The van der Waals surface area contributed by atoms with Gasteiger partial charge in [-0.1, -0.05) is 11.6 Å². The highest BCUT2D eigenvalue weighted by Gasteiger charge is 2.24. The van der Waals surface area contributed by atoms with Gasteiger partial charge < -0.3 is 4.90 Å². The van der Waals surface area contributed by atoms with E-state index in [-0.39, 0.29) is 0 Å². The van der Waals surface area contributed by atoms with Crippen LogP contribution in [-0.2, 0) is 0 Å². The molecule has 0 aromatic rings. The molecule has 2 unspecified atom stereocenters. The molecular formula is C10H20N2. The SMILES string of the molecule is CC1=CC(N(C)C)C(C)N(C)C1. The van der Waals surface area contributed by atoms with E-state index < -0.39 is 0 Å². The molecule has 1 aliphatic heterocycles. The fourth-order valence-electron chi connectivity index (χ4n) is 1.86. The third-order valence-corrected chi connectivity index (χ3v) is 2.74. The summed E-state index contributed by atoms with van der Waals surface area (Å²) in [6.07, 6.45) is 2.38. The lowest BCUT2D eigenvalue weighted by Gasteiger charge is -2.38. The molecule has 0 aromatic heterocycles. The van der Waals surface area contributed by atoms with Crippen molar-refractivity contribution in [3.63, 3.8) is 0 Å². The normalized spacial score (nSPS) is 32.3. The monoisotopic (exact) mass is 168 g/mol. The number of rotatable bonds is 1. The highest BCUT2D eigenvalue weighted by molar-refractivity contribution is 5.13. The Hall–Kier alpha value is -0.340. The van der Waals surface area contributed by atoms with E-state index >= 15 is 0 Å². The zero-order chi connectivity index (χ0) is 9.30. The largest absolute Gasteiger partial charge is 0.301 e. The number of nitrogens with zero attached hydrogens (tertiary/aromatic N) is 2. The van der Waals surface area contributed by atoms with E-state index in [0.29, 0.717) is 12.1 Å². The van der Waals surface area contributed by atoms with Crippen molar-refractivity contribution in [1.82, 2.24) is 9.80 Å². The van der Waals surface area contributed by atoms with Crippen LogP contribution >= 0.6 is 0 Å². The maximum Gasteiger partial charge on any atom is 0.0428 e. The fraction of sp³-hybridized carbons (Fsp3) is 0.800. The Bertz CT molecular complexity index is 184. The first-order valence-corrected chi connectivity index (χ1v) is 4.56. The molecule has 0 saturated heterocycles. The van der Waals surface area contributed by atoms with Gasteiger partial charge in [-0.3, -0.25) is 4.90 Å². The lowest BCUT2D eigenvalue weighted by Crippen LogP contribution is -2.48. The van der Waals surface area contributed by atoms with Crippen molar-refractivity contribution < 1.29 is 0 Å². The minimum atomic E-state index is 0.573. The lowest BCUT2D eigenvalue weighted by molar-refractivity contribution is 0.165. The van der Waals surface area contributed by atoms with Crippen LogP contribution in [0.5, 0.6) is 0 Å². The van der Waals surface area contributed by atoms with Crippen LogP contribution in [0.15, 0.2) is 11.6 Å². The highest BCUT2D eigenvalue weighted by atomic mass is 15.2. The average Bonchev–Trinajstić information content (AvgIpc) is 1.96. The van der Waals surface area contributed by atoms with E-state index in [9.17, 15) is 0 Å². The molecule has 0 amide bonds. The molecule has 0 radical (unpaired) electrons. The predicted molar refractivity (Wildman–Crippen MR) is 53.3 cm³/mol. The van der Waals surface area contributed by atoms with Gasteiger partial charge in [0, 0.05) is 18.6 Å². The van der Waals surface area contributed by atoms with Crippen molar-refractivity contribution >= 4 is 0 Å². The van der Waals surface area contributed by atoms with Crippen LogP contribution in [0.1, 0.15) is 13.8 Å². The third-order valence-electron chi connectivity index (χ3n) is 2.74. The first-order valence-electron chi connectivity index (χ1n) is 4.56. The fourth-order valence-corrected chi connectivity index (χ4v) is 1.86. The summed E-state index contributed by atoms with van der Waals surface area (Å²) in [6, 6.07) is 1.20. The van der Waals surface area contributed by atoms with Gasteiger partial charge in [0.15, 0.2) is 0 Å². The van der Waals surface area contributed by atoms with Gasteiger partial charge >= 0.3 is 0 Å². The standard InChI is InChI=1S/C10H20N2/c1-8-6-10(11(3)4)9(2)12(5)7-8/h6,9-10H,7H2,1-5H3. The van der Waals surface area contributed by atoms with E-state index in [1.807, 2.05) is 0 Å². The first kappa shape index (κ1) is 9.75. The molecule has 70 valence electrons. The average molecular weight is 168 g/mol. The number of hydrogen-bond acceptors (Lipinski definition) is 2. The summed E-state index contributed by atoms with van der Waals surface area (Å²) in [6.45, 7) is 5.61. The van der Waals surface area contributed by atoms with Gasteiger partial charge in [0.1, 0.15) is 0 Å². The topological polar surface area (TPSA) is 6.48 Å². The molecule has 0 N–H and O–H groups in total. The first-order chi connectivity index (χ1) is 5.52. The van der Waals surface area contributed by atoms with E-state index in [1.165, 1.54) is 5.57 Å². The van der Waals surface area contributed by atoms with Crippen molar-refractivity contribution in [3.8, 4) is 0 Å². The summed E-state index contributed by atoms with van der Waals surface area (Å²) in [4.78, 5) is 4.68. The predicted octanol–water partition coefficient (Wildman–Crippen LogP) is 1.20. The zero-order valence-corrected chi connectivity index (χ0v) is 8.83. The molecule has 0 spiro atoms. The van der Waals surface area contributed by atoms with E-state index in [1.54, 1.807) is 0 Å². The van der Waals surface area contributed by atoms with Gasteiger partial charge in [0.2, 0.25) is 0 Å². The summed E-state index contributed by atoms with van der Waals surface area (Å²) in [5.74, 6) is 0. The second-order valence-electron chi connectivity index (χ2n) is 4.12. The summed E-state index contributed by atoms with van der Waals surface area (Å²) in [5, 5.41) is 0. The molecule has 0 fully saturated rings. The molecule has 1 rings (SSSR count). The third kappa shape index (κ3) is 1.87. The molecule has 0 aromatic carbocycles. The molecule has 1 heterocycles. The molecule has 1 aliphatic rings. The van der Waals surface area contributed by atoms with Gasteiger partial charge in [-0.15, -0.1) is 0 Å².